The number of benzene rings is 2. The van der Waals surface area contributed by atoms with E-state index in [9.17, 15) is 0 Å². The molecule has 0 radical (unpaired) electrons. The Morgan fingerprint density at radius 2 is 1.68 bits per heavy atom. The first-order valence-corrected chi connectivity index (χ1v) is 7.33. The van der Waals surface area contributed by atoms with E-state index in [0.29, 0.717) is 12.5 Å². The minimum atomic E-state index is -0.242. The Bertz CT molecular complexity index is 630. The van der Waals surface area contributed by atoms with E-state index >= 15 is 0 Å². The lowest BCUT2D eigenvalue weighted by Gasteiger charge is -2.23. The molecule has 22 heavy (non-hydrogen) atoms. The van der Waals surface area contributed by atoms with E-state index in [1.54, 1.807) is 0 Å². The molecule has 2 aromatic carbocycles. The molecule has 0 aliphatic carbocycles. The smallest absolute Gasteiger partial charge is 0.193 e. The Kier molecular flexibility index (Phi) is 5.04. The van der Waals surface area contributed by atoms with E-state index in [1.807, 2.05) is 75.4 Å². The minimum absolute atomic E-state index is 0.242. The highest BCUT2D eigenvalue weighted by atomic mass is 16.5. The van der Waals surface area contributed by atoms with Gasteiger partial charge in [0.2, 0.25) is 0 Å². The summed E-state index contributed by atoms with van der Waals surface area (Å²) in [6.45, 7) is 6.55. The summed E-state index contributed by atoms with van der Waals surface area (Å²) in [5.41, 5.74) is 7.62. The molecule has 2 aromatic rings. The Labute approximate surface area is 132 Å². The van der Waals surface area contributed by atoms with Gasteiger partial charge >= 0.3 is 0 Å². The number of nitrogens with two attached hydrogens (primary N) is 1. The summed E-state index contributed by atoms with van der Waals surface area (Å²) in [5, 5.41) is 3.07. The quantitative estimate of drug-likeness (QED) is 0.666. The molecule has 0 spiro atoms. The van der Waals surface area contributed by atoms with Crippen LogP contribution in [0.5, 0.6) is 5.75 Å². The van der Waals surface area contributed by atoms with Crippen molar-refractivity contribution in [3.8, 4) is 5.75 Å². The zero-order chi connectivity index (χ0) is 16.0. The van der Waals surface area contributed by atoms with Crippen LogP contribution in [0.2, 0.25) is 0 Å². The number of rotatable bonds is 4. The number of hydrogen-bond donors (Lipinski definition) is 2. The van der Waals surface area contributed by atoms with Crippen LogP contribution in [0.15, 0.2) is 59.6 Å². The third kappa shape index (κ3) is 5.13. The summed E-state index contributed by atoms with van der Waals surface area (Å²) in [5.74, 6) is 1.23. The van der Waals surface area contributed by atoms with Gasteiger partial charge in [-0.2, -0.15) is 0 Å². The van der Waals surface area contributed by atoms with Gasteiger partial charge in [-0.25, -0.2) is 4.99 Å². The number of guanidine groups is 1. The Balaban J connectivity index is 2.06. The molecule has 3 N–H and O–H groups in total. The maximum atomic E-state index is 5.95. The number of para-hydroxylation sites is 2. The standard InChI is InChI=1S/C18H23N3O/c1-18(2,3)22-16-12-8-7-9-14(16)13-20-17(19)21-15-10-5-4-6-11-15/h4-12H,13H2,1-3H3,(H3,19,20,21). The summed E-state index contributed by atoms with van der Waals surface area (Å²) < 4.78 is 5.95. The lowest BCUT2D eigenvalue weighted by atomic mass is 10.1. The van der Waals surface area contributed by atoms with Crippen molar-refractivity contribution in [2.75, 3.05) is 5.32 Å². The number of hydrogen-bond acceptors (Lipinski definition) is 2. The van der Waals surface area contributed by atoms with Crippen molar-refractivity contribution in [1.82, 2.24) is 0 Å². The monoisotopic (exact) mass is 297 g/mol. The maximum Gasteiger partial charge on any atom is 0.193 e. The first-order chi connectivity index (χ1) is 10.4. The Morgan fingerprint density at radius 1 is 1.05 bits per heavy atom. The van der Waals surface area contributed by atoms with E-state index in [4.69, 9.17) is 10.5 Å². The summed E-state index contributed by atoms with van der Waals surface area (Å²) in [6, 6.07) is 17.6. The molecule has 0 aromatic heterocycles. The summed E-state index contributed by atoms with van der Waals surface area (Å²) >= 11 is 0. The molecular weight excluding hydrogens is 274 g/mol. The fraction of sp³-hybridized carbons (Fsp3) is 0.278. The van der Waals surface area contributed by atoms with Crippen LogP contribution < -0.4 is 15.8 Å². The molecule has 0 aliphatic rings. The Hall–Kier alpha value is -2.49. The topological polar surface area (TPSA) is 59.6 Å². The van der Waals surface area contributed by atoms with Gasteiger partial charge in [-0.05, 0) is 39.0 Å². The van der Waals surface area contributed by atoms with Crippen LogP contribution in [0.4, 0.5) is 5.69 Å². The Morgan fingerprint density at radius 3 is 2.36 bits per heavy atom. The van der Waals surface area contributed by atoms with Gasteiger partial charge in [0, 0.05) is 11.3 Å². The average molecular weight is 297 g/mol. The second-order valence-corrected chi connectivity index (χ2v) is 6.01. The largest absolute Gasteiger partial charge is 0.488 e. The second-order valence-electron chi connectivity index (χ2n) is 6.01. The number of nitrogens with zero attached hydrogens (tertiary/aromatic N) is 1. The average Bonchev–Trinajstić information content (AvgIpc) is 2.46. The molecule has 0 bridgehead atoms. The summed E-state index contributed by atoms with van der Waals surface area (Å²) in [4.78, 5) is 4.38. The normalized spacial score (nSPS) is 12.0. The van der Waals surface area contributed by atoms with Gasteiger partial charge in [0.05, 0.1) is 6.54 Å². The van der Waals surface area contributed by atoms with Gasteiger partial charge in [-0.1, -0.05) is 36.4 Å². The van der Waals surface area contributed by atoms with Crippen LogP contribution in [0.3, 0.4) is 0 Å². The third-order valence-corrected chi connectivity index (χ3v) is 2.85. The second kappa shape index (κ2) is 6.98. The highest BCUT2D eigenvalue weighted by molar-refractivity contribution is 5.92. The summed E-state index contributed by atoms with van der Waals surface area (Å²) in [6.07, 6.45) is 0. The van der Waals surface area contributed by atoms with Crippen molar-refractivity contribution in [3.05, 3.63) is 60.2 Å². The lowest BCUT2D eigenvalue weighted by molar-refractivity contribution is 0.129. The van der Waals surface area contributed by atoms with Crippen molar-refractivity contribution in [3.63, 3.8) is 0 Å². The number of aliphatic imine (C=N–C) groups is 1. The van der Waals surface area contributed by atoms with E-state index in [2.05, 4.69) is 10.3 Å². The fourth-order valence-corrected chi connectivity index (χ4v) is 1.94. The first kappa shape index (κ1) is 15.9. The molecule has 0 fully saturated rings. The van der Waals surface area contributed by atoms with E-state index in [0.717, 1.165) is 17.0 Å². The van der Waals surface area contributed by atoms with Crippen LogP contribution in [-0.4, -0.2) is 11.6 Å². The van der Waals surface area contributed by atoms with Crippen molar-refractivity contribution in [2.45, 2.75) is 32.9 Å². The zero-order valence-corrected chi connectivity index (χ0v) is 13.3. The number of anilines is 1. The first-order valence-electron chi connectivity index (χ1n) is 7.33. The molecule has 0 amide bonds. The number of ether oxygens (including phenoxy) is 1. The molecule has 2 rings (SSSR count). The molecule has 0 unspecified atom stereocenters. The predicted molar refractivity (Wildman–Crippen MR) is 92.2 cm³/mol. The van der Waals surface area contributed by atoms with Gasteiger partial charge in [0.25, 0.3) is 0 Å². The van der Waals surface area contributed by atoms with Gasteiger partial charge in [-0.3, -0.25) is 0 Å². The predicted octanol–water partition coefficient (Wildman–Crippen LogP) is 3.79. The van der Waals surface area contributed by atoms with Crippen LogP contribution in [-0.2, 0) is 6.54 Å². The molecule has 0 heterocycles. The van der Waals surface area contributed by atoms with Crippen molar-refractivity contribution < 1.29 is 4.74 Å². The van der Waals surface area contributed by atoms with E-state index < -0.39 is 0 Å². The van der Waals surface area contributed by atoms with Gasteiger partial charge in [0.1, 0.15) is 11.4 Å². The van der Waals surface area contributed by atoms with Crippen molar-refractivity contribution >= 4 is 11.6 Å². The summed E-state index contributed by atoms with van der Waals surface area (Å²) in [7, 11) is 0. The molecule has 4 heteroatoms. The van der Waals surface area contributed by atoms with Crippen molar-refractivity contribution in [1.29, 1.82) is 0 Å². The van der Waals surface area contributed by atoms with Crippen molar-refractivity contribution in [2.24, 2.45) is 10.7 Å². The molecular formula is C18H23N3O. The van der Waals surface area contributed by atoms with Crippen LogP contribution >= 0.6 is 0 Å². The van der Waals surface area contributed by atoms with Crippen LogP contribution in [0.1, 0.15) is 26.3 Å². The van der Waals surface area contributed by atoms with Gasteiger partial charge < -0.3 is 15.8 Å². The highest BCUT2D eigenvalue weighted by Crippen LogP contribution is 2.23. The molecule has 0 aliphatic heterocycles. The van der Waals surface area contributed by atoms with E-state index in [-0.39, 0.29) is 5.60 Å². The molecule has 4 nitrogen and oxygen atoms in total. The fourth-order valence-electron chi connectivity index (χ4n) is 1.94. The molecule has 0 saturated carbocycles. The molecule has 0 saturated heterocycles. The lowest BCUT2D eigenvalue weighted by Crippen LogP contribution is -2.24. The molecule has 0 atom stereocenters. The van der Waals surface area contributed by atoms with Crippen LogP contribution in [0.25, 0.3) is 0 Å². The molecule has 116 valence electrons. The van der Waals surface area contributed by atoms with E-state index in [1.165, 1.54) is 0 Å². The third-order valence-electron chi connectivity index (χ3n) is 2.85. The van der Waals surface area contributed by atoms with Gasteiger partial charge in [0.15, 0.2) is 5.96 Å². The number of nitrogens with one attached hydrogen (secondary N) is 1. The highest BCUT2D eigenvalue weighted by Gasteiger charge is 2.14. The SMILES string of the molecule is CC(C)(C)Oc1ccccc1CN=C(N)Nc1ccccc1. The van der Waals surface area contributed by atoms with Gasteiger partial charge in [-0.15, -0.1) is 0 Å². The van der Waals surface area contributed by atoms with Crippen LogP contribution in [0, 0.1) is 0 Å². The maximum absolute atomic E-state index is 5.95. The zero-order valence-electron chi connectivity index (χ0n) is 13.3. The minimum Gasteiger partial charge on any atom is -0.488 e.